The third kappa shape index (κ3) is 3.39. The molecule has 2 aromatic rings. The van der Waals surface area contributed by atoms with Gasteiger partial charge in [0.05, 0.1) is 24.1 Å². The molecule has 0 aliphatic carbocycles. The molecular formula is C15H14N3O4-. The Hall–Kier alpha value is -2.93. The fourth-order valence-corrected chi connectivity index (χ4v) is 1.80. The summed E-state index contributed by atoms with van der Waals surface area (Å²) in [5.41, 5.74) is 4.18. The van der Waals surface area contributed by atoms with Gasteiger partial charge in [0.15, 0.2) is 0 Å². The monoisotopic (exact) mass is 300 g/mol. The van der Waals surface area contributed by atoms with Crippen LogP contribution in [-0.2, 0) is 6.61 Å². The fourth-order valence-electron chi connectivity index (χ4n) is 1.80. The summed E-state index contributed by atoms with van der Waals surface area (Å²) in [6, 6.07) is 6.11. The number of nitrogens with one attached hydrogen (secondary N) is 1. The third-order valence-corrected chi connectivity index (χ3v) is 3.00. The zero-order valence-corrected chi connectivity index (χ0v) is 11.8. The van der Waals surface area contributed by atoms with Crippen LogP contribution in [0, 0.1) is 6.92 Å². The van der Waals surface area contributed by atoms with E-state index in [1.165, 1.54) is 24.5 Å². The van der Waals surface area contributed by atoms with Gasteiger partial charge in [0.25, 0.3) is 0 Å². The maximum Gasteiger partial charge on any atom is 0.335 e. The molecule has 7 nitrogen and oxygen atoms in total. The summed E-state index contributed by atoms with van der Waals surface area (Å²) in [5, 5.41) is 34.0. The Labute approximate surface area is 126 Å². The van der Waals surface area contributed by atoms with Crippen molar-refractivity contribution in [2.75, 3.05) is 5.43 Å². The summed E-state index contributed by atoms with van der Waals surface area (Å²) in [6.45, 7) is 1.25. The summed E-state index contributed by atoms with van der Waals surface area (Å²) in [7, 11) is 0. The average molecular weight is 300 g/mol. The molecule has 0 aliphatic rings. The molecule has 7 heteroatoms. The van der Waals surface area contributed by atoms with Gasteiger partial charge in [-0.3, -0.25) is 10.4 Å². The lowest BCUT2D eigenvalue weighted by Gasteiger charge is -2.15. The van der Waals surface area contributed by atoms with E-state index in [1.807, 2.05) is 0 Å². The van der Waals surface area contributed by atoms with Gasteiger partial charge in [-0.15, -0.1) is 0 Å². The number of aryl methyl sites for hydroxylation is 1. The van der Waals surface area contributed by atoms with Gasteiger partial charge in [0, 0.05) is 17.5 Å². The van der Waals surface area contributed by atoms with E-state index in [4.69, 9.17) is 5.11 Å². The quantitative estimate of drug-likeness (QED) is 0.562. The molecule has 0 fully saturated rings. The molecule has 0 saturated heterocycles. The molecule has 2 rings (SSSR count). The SMILES string of the molecule is Cc1ncc(CO)c(/C=N/Nc2cccc(C(=O)O)c2)c1[O-]. The minimum absolute atomic E-state index is 0.125. The number of hydrogen-bond acceptors (Lipinski definition) is 6. The predicted molar refractivity (Wildman–Crippen MR) is 79.0 cm³/mol. The minimum Gasteiger partial charge on any atom is -0.871 e. The highest BCUT2D eigenvalue weighted by molar-refractivity contribution is 5.89. The number of benzene rings is 1. The molecule has 22 heavy (non-hydrogen) atoms. The molecule has 0 spiro atoms. The van der Waals surface area contributed by atoms with Crippen LogP contribution in [0.1, 0.15) is 27.2 Å². The number of pyridine rings is 1. The summed E-state index contributed by atoms with van der Waals surface area (Å²) in [5.74, 6) is -1.35. The van der Waals surface area contributed by atoms with Crippen molar-refractivity contribution in [2.24, 2.45) is 5.10 Å². The number of carbonyl (C=O) groups is 1. The summed E-state index contributed by atoms with van der Waals surface area (Å²) < 4.78 is 0. The van der Waals surface area contributed by atoms with Crippen LogP contribution in [0.2, 0.25) is 0 Å². The van der Waals surface area contributed by atoms with Crippen LogP contribution in [0.3, 0.4) is 0 Å². The lowest BCUT2D eigenvalue weighted by atomic mass is 10.1. The molecule has 114 valence electrons. The Morgan fingerprint density at radius 2 is 2.27 bits per heavy atom. The van der Waals surface area contributed by atoms with E-state index in [9.17, 15) is 15.0 Å². The van der Waals surface area contributed by atoms with Crippen LogP contribution in [0.15, 0.2) is 35.6 Å². The van der Waals surface area contributed by atoms with Crippen molar-refractivity contribution < 1.29 is 20.1 Å². The fraction of sp³-hybridized carbons (Fsp3) is 0.133. The van der Waals surface area contributed by atoms with E-state index >= 15 is 0 Å². The largest absolute Gasteiger partial charge is 0.871 e. The lowest BCUT2D eigenvalue weighted by molar-refractivity contribution is -0.269. The Kier molecular flexibility index (Phi) is 4.70. The van der Waals surface area contributed by atoms with E-state index in [1.54, 1.807) is 19.1 Å². The first-order valence-corrected chi connectivity index (χ1v) is 6.41. The van der Waals surface area contributed by atoms with Gasteiger partial charge in [0.1, 0.15) is 0 Å². The van der Waals surface area contributed by atoms with Gasteiger partial charge >= 0.3 is 5.97 Å². The van der Waals surface area contributed by atoms with Crippen LogP contribution in [0.4, 0.5) is 5.69 Å². The number of aromatic nitrogens is 1. The molecular weight excluding hydrogens is 286 g/mol. The van der Waals surface area contributed by atoms with Gasteiger partial charge < -0.3 is 15.3 Å². The van der Waals surface area contributed by atoms with Gasteiger partial charge in [-0.1, -0.05) is 11.8 Å². The number of aromatic carboxylic acids is 1. The highest BCUT2D eigenvalue weighted by Crippen LogP contribution is 2.19. The van der Waals surface area contributed by atoms with Gasteiger partial charge in [-0.2, -0.15) is 5.10 Å². The Balaban J connectivity index is 2.21. The number of carboxylic acid groups (broad SMARTS) is 1. The van der Waals surface area contributed by atoms with Crippen molar-refractivity contribution >= 4 is 17.9 Å². The normalized spacial score (nSPS) is 10.8. The number of rotatable bonds is 5. The number of aliphatic hydroxyl groups excluding tert-OH is 1. The van der Waals surface area contributed by atoms with Crippen LogP contribution in [0.25, 0.3) is 0 Å². The molecule has 0 amide bonds. The molecule has 0 radical (unpaired) electrons. The molecule has 0 unspecified atom stereocenters. The van der Waals surface area contributed by atoms with Gasteiger partial charge in [0.2, 0.25) is 0 Å². The molecule has 0 saturated carbocycles. The number of nitrogens with zero attached hydrogens (tertiary/aromatic N) is 2. The van der Waals surface area contributed by atoms with Crippen molar-refractivity contribution in [2.45, 2.75) is 13.5 Å². The first-order chi connectivity index (χ1) is 10.5. The van der Waals surface area contributed by atoms with E-state index < -0.39 is 5.97 Å². The maximum atomic E-state index is 12.0. The summed E-state index contributed by atoms with van der Waals surface area (Å²) >= 11 is 0. The summed E-state index contributed by atoms with van der Waals surface area (Å²) in [6.07, 6.45) is 2.71. The standard InChI is InChI=1S/C15H15N3O4/c1-9-14(20)13(11(8-19)6-16-9)7-17-18-12-4-2-3-10(5-12)15(21)22/h2-7,18-20H,8H2,1H3,(H,21,22)/p-1/b17-7+. The zero-order chi connectivity index (χ0) is 16.1. The van der Waals surface area contributed by atoms with Crippen LogP contribution < -0.4 is 10.5 Å². The maximum absolute atomic E-state index is 12.0. The molecule has 1 aromatic carbocycles. The summed E-state index contributed by atoms with van der Waals surface area (Å²) in [4.78, 5) is 14.8. The number of aliphatic hydroxyl groups is 1. The Morgan fingerprint density at radius 3 is 2.95 bits per heavy atom. The second-order valence-corrected chi connectivity index (χ2v) is 4.53. The van der Waals surface area contributed by atoms with Crippen molar-refractivity contribution in [1.29, 1.82) is 0 Å². The number of anilines is 1. The van der Waals surface area contributed by atoms with Gasteiger partial charge in [-0.25, -0.2) is 4.79 Å². The molecule has 1 heterocycles. The smallest absolute Gasteiger partial charge is 0.335 e. The lowest BCUT2D eigenvalue weighted by Crippen LogP contribution is -2.06. The van der Waals surface area contributed by atoms with Crippen molar-refractivity contribution in [3.63, 3.8) is 0 Å². The van der Waals surface area contributed by atoms with Gasteiger partial charge in [-0.05, 0) is 30.7 Å². The Morgan fingerprint density at radius 1 is 1.50 bits per heavy atom. The number of carboxylic acids is 1. The molecule has 0 atom stereocenters. The minimum atomic E-state index is -1.04. The van der Waals surface area contributed by atoms with E-state index in [0.29, 0.717) is 16.9 Å². The van der Waals surface area contributed by atoms with E-state index in [0.717, 1.165) is 0 Å². The van der Waals surface area contributed by atoms with E-state index in [-0.39, 0.29) is 23.5 Å². The third-order valence-electron chi connectivity index (χ3n) is 3.00. The van der Waals surface area contributed by atoms with Crippen molar-refractivity contribution in [1.82, 2.24) is 4.98 Å². The number of hydrazone groups is 1. The van der Waals surface area contributed by atoms with E-state index in [2.05, 4.69) is 15.5 Å². The number of hydrogen-bond donors (Lipinski definition) is 3. The first kappa shape index (κ1) is 15.5. The first-order valence-electron chi connectivity index (χ1n) is 6.41. The molecule has 0 bridgehead atoms. The molecule has 3 N–H and O–H groups in total. The second-order valence-electron chi connectivity index (χ2n) is 4.53. The van der Waals surface area contributed by atoms with Crippen molar-refractivity contribution in [3.8, 4) is 5.75 Å². The van der Waals surface area contributed by atoms with Crippen molar-refractivity contribution in [3.05, 3.63) is 52.8 Å². The zero-order valence-electron chi connectivity index (χ0n) is 11.8. The van der Waals surface area contributed by atoms with Crippen LogP contribution in [0.5, 0.6) is 5.75 Å². The Bertz CT molecular complexity index is 729. The molecule has 0 aliphatic heterocycles. The highest BCUT2D eigenvalue weighted by atomic mass is 16.4. The van der Waals surface area contributed by atoms with Crippen LogP contribution >= 0.6 is 0 Å². The average Bonchev–Trinajstić information content (AvgIpc) is 2.52. The topological polar surface area (TPSA) is 118 Å². The molecule has 1 aromatic heterocycles. The highest BCUT2D eigenvalue weighted by Gasteiger charge is 2.04. The predicted octanol–water partition coefficient (Wildman–Crippen LogP) is 1.10. The second kappa shape index (κ2) is 6.68. The van der Waals surface area contributed by atoms with Crippen LogP contribution in [-0.4, -0.2) is 27.4 Å².